The first-order valence-corrected chi connectivity index (χ1v) is 5.74. The number of nitrogens with two attached hydrogens (primary N) is 1. The van der Waals surface area contributed by atoms with Crippen molar-refractivity contribution >= 4 is 11.5 Å². The maximum Gasteiger partial charge on any atom is 0.188 e. The molecular formula is C13H15N5O. The van der Waals surface area contributed by atoms with Crippen LogP contribution >= 0.6 is 0 Å². The van der Waals surface area contributed by atoms with Crippen molar-refractivity contribution in [2.75, 3.05) is 11.9 Å². The van der Waals surface area contributed by atoms with Crippen LogP contribution in [-0.4, -0.2) is 28.1 Å². The minimum Gasteiger partial charge on any atom is -0.409 e. The summed E-state index contributed by atoms with van der Waals surface area (Å²) in [7, 11) is 1.97. The van der Waals surface area contributed by atoms with Gasteiger partial charge in [0.2, 0.25) is 0 Å². The van der Waals surface area contributed by atoms with E-state index in [1.807, 2.05) is 25.2 Å². The van der Waals surface area contributed by atoms with Crippen molar-refractivity contribution in [2.24, 2.45) is 10.9 Å². The first-order chi connectivity index (χ1) is 9.20. The molecule has 3 N–H and O–H groups in total. The molecule has 98 valence electrons. The number of anilines is 1. The Kier molecular flexibility index (Phi) is 3.92. The van der Waals surface area contributed by atoms with Gasteiger partial charge in [-0.15, -0.1) is 0 Å². The number of nitrogens with zero attached hydrogens (tertiary/aromatic N) is 4. The number of amidine groups is 1. The average molecular weight is 257 g/mol. The van der Waals surface area contributed by atoms with Gasteiger partial charge in [0.05, 0.1) is 11.9 Å². The topological polar surface area (TPSA) is 87.6 Å². The molecule has 2 heterocycles. The Morgan fingerprint density at radius 1 is 1.32 bits per heavy atom. The Balaban J connectivity index is 2.10. The van der Waals surface area contributed by atoms with Crippen LogP contribution in [0.25, 0.3) is 0 Å². The van der Waals surface area contributed by atoms with Crippen LogP contribution in [0.5, 0.6) is 0 Å². The number of pyridine rings is 2. The summed E-state index contributed by atoms with van der Waals surface area (Å²) in [5.74, 6) is 0.00309. The molecule has 0 spiro atoms. The number of oxime groups is 1. The number of aromatic nitrogens is 2. The van der Waals surface area contributed by atoms with E-state index in [0.717, 1.165) is 17.8 Å². The largest absolute Gasteiger partial charge is 0.409 e. The average Bonchev–Trinajstić information content (AvgIpc) is 2.47. The SMILES string of the molecule is CN(Cc1ccncc1)c1ccc(/C(N)=N/O)nc1. The Morgan fingerprint density at radius 3 is 2.63 bits per heavy atom. The third-order valence-corrected chi connectivity index (χ3v) is 2.73. The molecule has 0 bridgehead atoms. The highest BCUT2D eigenvalue weighted by molar-refractivity contribution is 5.95. The minimum atomic E-state index is 0.00309. The summed E-state index contributed by atoms with van der Waals surface area (Å²) >= 11 is 0. The highest BCUT2D eigenvalue weighted by Crippen LogP contribution is 2.14. The molecule has 19 heavy (non-hydrogen) atoms. The van der Waals surface area contributed by atoms with Crippen molar-refractivity contribution in [1.29, 1.82) is 0 Å². The molecule has 6 nitrogen and oxygen atoms in total. The van der Waals surface area contributed by atoms with Crippen molar-refractivity contribution in [1.82, 2.24) is 9.97 Å². The predicted molar refractivity (Wildman–Crippen MR) is 73.1 cm³/mol. The van der Waals surface area contributed by atoms with Gasteiger partial charge in [0.15, 0.2) is 5.84 Å². The standard InChI is InChI=1S/C13H15N5O/c1-18(9-10-4-6-15-7-5-10)11-2-3-12(16-8-11)13(14)17-19/h2-8,19H,9H2,1H3,(H2,14,17). The molecule has 0 aliphatic heterocycles. The Morgan fingerprint density at radius 2 is 2.05 bits per heavy atom. The van der Waals surface area contributed by atoms with Gasteiger partial charge in [-0.3, -0.25) is 9.97 Å². The molecule has 0 amide bonds. The number of rotatable bonds is 4. The lowest BCUT2D eigenvalue weighted by Gasteiger charge is -2.19. The lowest BCUT2D eigenvalue weighted by Crippen LogP contribution is -2.18. The normalized spacial score (nSPS) is 11.3. The van der Waals surface area contributed by atoms with Crippen molar-refractivity contribution in [3.8, 4) is 0 Å². The van der Waals surface area contributed by atoms with Crippen LogP contribution in [0.1, 0.15) is 11.3 Å². The van der Waals surface area contributed by atoms with E-state index in [0.29, 0.717) is 5.69 Å². The fourth-order valence-corrected chi connectivity index (χ4v) is 1.67. The highest BCUT2D eigenvalue weighted by atomic mass is 16.4. The summed E-state index contributed by atoms with van der Waals surface area (Å²) in [6, 6.07) is 7.53. The summed E-state index contributed by atoms with van der Waals surface area (Å²) in [6.07, 6.45) is 5.22. The monoisotopic (exact) mass is 257 g/mol. The van der Waals surface area contributed by atoms with Crippen molar-refractivity contribution in [3.63, 3.8) is 0 Å². The Bertz CT molecular complexity index is 553. The van der Waals surface area contributed by atoms with E-state index in [2.05, 4.69) is 20.0 Å². The summed E-state index contributed by atoms with van der Waals surface area (Å²) in [5, 5.41) is 11.5. The number of hydrogen-bond donors (Lipinski definition) is 2. The van der Waals surface area contributed by atoms with Crippen molar-refractivity contribution < 1.29 is 5.21 Å². The van der Waals surface area contributed by atoms with Crippen LogP contribution in [0.3, 0.4) is 0 Å². The van der Waals surface area contributed by atoms with Crippen LogP contribution in [-0.2, 0) is 6.54 Å². The van der Waals surface area contributed by atoms with E-state index in [1.54, 1.807) is 24.7 Å². The fourth-order valence-electron chi connectivity index (χ4n) is 1.67. The molecule has 0 aromatic carbocycles. The molecule has 0 atom stereocenters. The van der Waals surface area contributed by atoms with Gasteiger partial charge in [0.1, 0.15) is 5.69 Å². The molecule has 0 radical (unpaired) electrons. The molecule has 2 aromatic heterocycles. The van der Waals surface area contributed by atoms with Gasteiger partial charge in [-0.25, -0.2) is 0 Å². The second-order valence-electron chi connectivity index (χ2n) is 4.10. The van der Waals surface area contributed by atoms with Crippen LogP contribution in [0.4, 0.5) is 5.69 Å². The molecule has 0 saturated carbocycles. The van der Waals surface area contributed by atoms with E-state index in [-0.39, 0.29) is 5.84 Å². The van der Waals surface area contributed by atoms with Crippen LogP contribution in [0.15, 0.2) is 48.0 Å². The first kappa shape index (κ1) is 12.8. The van der Waals surface area contributed by atoms with Gasteiger partial charge in [-0.05, 0) is 29.8 Å². The van der Waals surface area contributed by atoms with E-state index < -0.39 is 0 Å². The predicted octanol–water partition coefficient (Wildman–Crippen LogP) is 1.21. The molecule has 0 saturated heterocycles. The fraction of sp³-hybridized carbons (Fsp3) is 0.154. The van der Waals surface area contributed by atoms with Crippen LogP contribution < -0.4 is 10.6 Å². The second-order valence-corrected chi connectivity index (χ2v) is 4.10. The van der Waals surface area contributed by atoms with Crippen molar-refractivity contribution in [2.45, 2.75) is 6.54 Å². The van der Waals surface area contributed by atoms with Crippen LogP contribution in [0, 0.1) is 0 Å². The van der Waals surface area contributed by atoms with Gasteiger partial charge in [0.25, 0.3) is 0 Å². The molecular weight excluding hydrogens is 242 g/mol. The smallest absolute Gasteiger partial charge is 0.188 e. The zero-order valence-electron chi connectivity index (χ0n) is 10.6. The number of hydrogen-bond acceptors (Lipinski definition) is 5. The molecule has 0 aliphatic rings. The first-order valence-electron chi connectivity index (χ1n) is 5.74. The quantitative estimate of drug-likeness (QED) is 0.372. The molecule has 0 fully saturated rings. The summed E-state index contributed by atoms with van der Waals surface area (Å²) in [4.78, 5) is 10.2. The summed E-state index contributed by atoms with van der Waals surface area (Å²) in [6.45, 7) is 0.757. The molecule has 0 aliphatic carbocycles. The molecule has 0 unspecified atom stereocenters. The second kappa shape index (κ2) is 5.81. The van der Waals surface area contributed by atoms with Crippen molar-refractivity contribution in [3.05, 3.63) is 54.1 Å². The zero-order valence-corrected chi connectivity index (χ0v) is 10.6. The lowest BCUT2D eigenvalue weighted by molar-refractivity contribution is 0.318. The summed E-state index contributed by atoms with van der Waals surface area (Å²) < 4.78 is 0. The van der Waals surface area contributed by atoms with Gasteiger partial charge >= 0.3 is 0 Å². The minimum absolute atomic E-state index is 0.00309. The van der Waals surface area contributed by atoms with Gasteiger partial charge in [-0.1, -0.05) is 5.16 Å². The maximum absolute atomic E-state index is 8.57. The lowest BCUT2D eigenvalue weighted by atomic mass is 10.2. The maximum atomic E-state index is 8.57. The van der Waals surface area contributed by atoms with Gasteiger partial charge in [0, 0.05) is 26.0 Å². The van der Waals surface area contributed by atoms with E-state index in [4.69, 9.17) is 10.9 Å². The Hall–Kier alpha value is -2.63. The van der Waals surface area contributed by atoms with E-state index in [1.165, 1.54) is 0 Å². The third-order valence-electron chi connectivity index (χ3n) is 2.73. The Labute approximate surface area is 111 Å². The molecule has 2 aromatic rings. The third kappa shape index (κ3) is 3.19. The highest BCUT2D eigenvalue weighted by Gasteiger charge is 2.05. The summed E-state index contributed by atoms with van der Waals surface area (Å²) in [5.41, 5.74) is 8.02. The van der Waals surface area contributed by atoms with Crippen LogP contribution in [0.2, 0.25) is 0 Å². The zero-order chi connectivity index (χ0) is 13.7. The van der Waals surface area contributed by atoms with E-state index in [9.17, 15) is 0 Å². The van der Waals surface area contributed by atoms with E-state index >= 15 is 0 Å². The molecule has 6 heteroatoms. The van der Waals surface area contributed by atoms with Gasteiger partial charge < -0.3 is 15.8 Å². The molecule has 2 rings (SSSR count). The van der Waals surface area contributed by atoms with Gasteiger partial charge in [-0.2, -0.15) is 0 Å².